The zero-order valence-electron chi connectivity index (χ0n) is 22.9. The maximum Gasteiger partial charge on any atom is 0.308 e. The number of anilines is 1. The molecule has 3 fully saturated rings. The maximum atomic E-state index is 16.0. The molecule has 2 saturated carbocycles. The molecule has 6 rings (SSSR count). The van der Waals surface area contributed by atoms with Gasteiger partial charge in [-0.15, -0.1) is 0 Å². The lowest BCUT2D eigenvalue weighted by Crippen LogP contribution is -2.60. The number of nitrogens with one attached hydrogen (secondary N) is 3. The van der Waals surface area contributed by atoms with Gasteiger partial charge in [-0.1, -0.05) is 60.7 Å². The van der Waals surface area contributed by atoms with Crippen LogP contribution in [-0.2, 0) is 24.5 Å². The van der Waals surface area contributed by atoms with Gasteiger partial charge < -0.3 is 15.4 Å². The fraction of sp³-hybridized carbons (Fsp3) is 0.516. The van der Waals surface area contributed by atoms with Gasteiger partial charge in [-0.05, 0) is 67.9 Å². The van der Waals surface area contributed by atoms with E-state index in [2.05, 4.69) is 16.0 Å². The normalized spacial score (nSPS) is 30.2. The summed E-state index contributed by atoms with van der Waals surface area (Å²) in [4.78, 5) is 40.6. The minimum absolute atomic E-state index is 0.0581. The summed E-state index contributed by atoms with van der Waals surface area (Å²) >= 11 is 12.6. The summed E-state index contributed by atoms with van der Waals surface area (Å²) in [6.07, 6.45) is 6.59. The molecule has 3 N–H and O–H groups in total. The molecule has 7 nitrogen and oxygen atoms in total. The number of ether oxygens (including phenoxy) is 1. The first-order valence-corrected chi connectivity index (χ1v) is 15.2. The smallest absolute Gasteiger partial charge is 0.308 e. The molecule has 0 aromatic heterocycles. The van der Waals surface area contributed by atoms with Gasteiger partial charge in [0.05, 0.1) is 24.1 Å². The Labute approximate surface area is 248 Å². The Hall–Kier alpha value is -2.68. The largest absolute Gasteiger partial charge is 0.469 e. The summed E-state index contributed by atoms with van der Waals surface area (Å²) in [6, 6.07) is 9.06. The van der Waals surface area contributed by atoms with Gasteiger partial charge in [0, 0.05) is 28.2 Å². The fourth-order valence-electron chi connectivity index (χ4n) is 8.15. The number of amides is 2. The van der Waals surface area contributed by atoms with Crippen LogP contribution in [0.2, 0.25) is 10.0 Å². The first-order valence-electron chi connectivity index (χ1n) is 14.4. The van der Waals surface area contributed by atoms with Crippen LogP contribution in [0.3, 0.4) is 0 Å². The molecule has 2 amide bonds. The highest BCUT2D eigenvalue weighted by molar-refractivity contribution is 6.31. The van der Waals surface area contributed by atoms with Crippen molar-refractivity contribution in [3.63, 3.8) is 0 Å². The standard InChI is InChI=1S/C31H34Cl2FN3O4/c1-41-28(39)17-8-11-19(12-9-17)35-27(38)26-24(20-6-5-7-22(33)25(20)34)31(30(37-26)14-3-2-4-15-30)21-13-10-18(32)16-23(21)36-29(31)40/h5-7,10,13,16-17,19,24,26,37H,2-4,8-9,11-12,14-15H2,1H3,(H,35,38)(H,36,40)/t17?,19?,24?,26?,31-/m1/s1. The van der Waals surface area contributed by atoms with Crippen LogP contribution in [0.5, 0.6) is 0 Å². The monoisotopic (exact) mass is 601 g/mol. The van der Waals surface area contributed by atoms with Gasteiger partial charge in [0.1, 0.15) is 11.2 Å². The second-order valence-electron chi connectivity index (χ2n) is 11.9. The Morgan fingerprint density at radius 3 is 2.49 bits per heavy atom. The zero-order chi connectivity index (χ0) is 28.9. The van der Waals surface area contributed by atoms with E-state index in [-0.39, 0.29) is 40.3 Å². The van der Waals surface area contributed by atoms with Crippen LogP contribution in [0.25, 0.3) is 0 Å². The zero-order valence-corrected chi connectivity index (χ0v) is 24.4. The number of carbonyl (C=O) groups excluding carboxylic acids is 3. The van der Waals surface area contributed by atoms with Crippen molar-refractivity contribution in [2.45, 2.75) is 86.7 Å². The molecule has 1 saturated heterocycles. The van der Waals surface area contributed by atoms with Gasteiger partial charge in [-0.25, -0.2) is 4.39 Å². The second-order valence-corrected chi connectivity index (χ2v) is 12.8. The van der Waals surface area contributed by atoms with E-state index < -0.39 is 28.7 Å². The maximum absolute atomic E-state index is 16.0. The highest BCUT2D eigenvalue weighted by atomic mass is 35.5. The molecule has 2 aromatic carbocycles. The van der Waals surface area contributed by atoms with Crippen molar-refractivity contribution in [1.82, 2.24) is 10.6 Å². The van der Waals surface area contributed by atoms with Crippen molar-refractivity contribution in [3.8, 4) is 0 Å². The highest BCUT2D eigenvalue weighted by Crippen LogP contribution is 2.62. The lowest BCUT2D eigenvalue weighted by Gasteiger charge is -2.47. The number of methoxy groups -OCH3 is 1. The summed E-state index contributed by atoms with van der Waals surface area (Å²) in [6.45, 7) is 0. The van der Waals surface area contributed by atoms with Crippen LogP contribution < -0.4 is 16.0 Å². The number of hydrogen-bond donors (Lipinski definition) is 3. The highest BCUT2D eigenvalue weighted by Gasteiger charge is 2.72. The van der Waals surface area contributed by atoms with E-state index in [9.17, 15) is 14.4 Å². The van der Waals surface area contributed by atoms with Crippen molar-refractivity contribution in [3.05, 3.63) is 63.4 Å². The van der Waals surface area contributed by atoms with Crippen molar-refractivity contribution in [2.24, 2.45) is 5.92 Å². The minimum atomic E-state index is -1.26. The lowest BCUT2D eigenvalue weighted by atomic mass is 9.55. The van der Waals surface area contributed by atoms with Crippen molar-refractivity contribution in [1.29, 1.82) is 0 Å². The van der Waals surface area contributed by atoms with Gasteiger partial charge in [0.15, 0.2) is 0 Å². The molecule has 0 radical (unpaired) electrons. The average Bonchev–Trinajstić information content (AvgIpc) is 3.42. The quantitative estimate of drug-likeness (QED) is 0.395. The first kappa shape index (κ1) is 28.4. The van der Waals surface area contributed by atoms with E-state index in [0.29, 0.717) is 49.2 Å². The SMILES string of the molecule is COC(=O)C1CCC(NC(=O)C2NC3(CCCCC3)[C@@]3(C(=O)Nc4cc(Cl)ccc43)C2c2cccc(Cl)c2F)CC1. The summed E-state index contributed by atoms with van der Waals surface area (Å²) in [7, 11) is 1.39. The Morgan fingerprint density at radius 2 is 1.78 bits per heavy atom. The average molecular weight is 603 g/mol. The number of fused-ring (bicyclic) bond motifs is 3. The van der Waals surface area contributed by atoms with Gasteiger partial charge in [-0.2, -0.15) is 0 Å². The van der Waals surface area contributed by atoms with Gasteiger partial charge in [0.2, 0.25) is 11.8 Å². The van der Waals surface area contributed by atoms with E-state index in [1.165, 1.54) is 13.2 Å². The molecular weight excluding hydrogens is 568 g/mol. The Balaban J connectivity index is 1.45. The van der Waals surface area contributed by atoms with Crippen LogP contribution in [0.15, 0.2) is 36.4 Å². The first-order chi connectivity index (χ1) is 19.7. The summed E-state index contributed by atoms with van der Waals surface area (Å²) < 4.78 is 20.9. The number of hydrogen-bond acceptors (Lipinski definition) is 5. The molecular formula is C31H34Cl2FN3O4. The summed E-state index contributed by atoms with van der Waals surface area (Å²) in [5.41, 5.74) is -0.495. The third-order valence-corrected chi connectivity index (χ3v) is 10.4. The number of halogens is 3. The number of rotatable bonds is 4. The third-order valence-electron chi connectivity index (χ3n) is 9.91. The van der Waals surface area contributed by atoms with E-state index in [4.69, 9.17) is 27.9 Å². The Morgan fingerprint density at radius 1 is 1.05 bits per heavy atom. The molecule has 4 aliphatic rings. The number of benzene rings is 2. The van der Waals surface area contributed by atoms with Crippen LogP contribution >= 0.6 is 23.2 Å². The molecule has 10 heteroatoms. The van der Waals surface area contributed by atoms with E-state index in [1.807, 2.05) is 6.07 Å². The van der Waals surface area contributed by atoms with E-state index in [1.54, 1.807) is 24.3 Å². The lowest BCUT2D eigenvalue weighted by molar-refractivity contribution is -0.146. The third kappa shape index (κ3) is 4.45. The van der Waals surface area contributed by atoms with E-state index >= 15 is 4.39 Å². The fourth-order valence-corrected chi connectivity index (χ4v) is 8.50. The minimum Gasteiger partial charge on any atom is -0.469 e. The van der Waals surface area contributed by atoms with Crippen molar-refractivity contribution < 1.29 is 23.5 Å². The number of esters is 1. The van der Waals surface area contributed by atoms with Gasteiger partial charge in [0.25, 0.3) is 0 Å². The molecule has 2 spiro atoms. The van der Waals surface area contributed by atoms with Crippen molar-refractivity contribution in [2.75, 3.05) is 12.4 Å². The topological polar surface area (TPSA) is 96.5 Å². The van der Waals surface area contributed by atoms with Gasteiger partial charge >= 0.3 is 5.97 Å². The predicted molar refractivity (Wildman–Crippen MR) is 155 cm³/mol. The molecule has 41 heavy (non-hydrogen) atoms. The van der Waals surface area contributed by atoms with Crippen LogP contribution in [-0.4, -0.2) is 42.5 Å². The summed E-state index contributed by atoms with van der Waals surface area (Å²) in [5, 5.41) is 10.3. The molecule has 2 aromatic rings. The molecule has 2 heterocycles. The van der Waals surface area contributed by atoms with E-state index in [0.717, 1.165) is 24.8 Å². The second kappa shape index (κ2) is 10.9. The van der Waals surface area contributed by atoms with Crippen LogP contribution in [0, 0.1) is 11.7 Å². The predicted octanol–water partition coefficient (Wildman–Crippen LogP) is 5.63. The molecule has 2 aliphatic heterocycles. The molecule has 218 valence electrons. The molecule has 2 unspecified atom stereocenters. The summed E-state index contributed by atoms with van der Waals surface area (Å²) in [5.74, 6) is -2.44. The van der Waals surface area contributed by atoms with Crippen LogP contribution in [0.4, 0.5) is 10.1 Å². The Bertz CT molecular complexity index is 1390. The molecule has 0 bridgehead atoms. The molecule has 2 aliphatic carbocycles. The van der Waals surface area contributed by atoms with Crippen LogP contribution in [0.1, 0.15) is 74.8 Å². The van der Waals surface area contributed by atoms with Gasteiger partial charge in [-0.3, -0.25) is 19.7 Å². The Kier molecular flexibility index (Phi) is 7.54. The molecule has 3 atom stereocenters. The number of carbonyl (C=O) groups is 3. The van der Waals surface area contributed by atoms with Crippen molar-refractivity contribution >= 4 is 46.7 Å².